The van der Waals surface area contributed by atoms with Gasteiger partial charge in [0.1, 0.15) is 0 Å². The molecule has 1 atom stereocenters. The highest BCUT2D eigenvalue weighted by Crippen LogP contribution is 2.27. The van der Waals surface area contributed by atoms with Crippen molar-refractivity contribution in [1.29, 1.82) is 0 Å². The van der Waals surface area contributed by atoms with Crippen LogP contribution in [-0.4, -0.2) is 51.2 Å². The molecule has 1 rings (SSSR count). The zero-order valence-electron chi connectivity index (χ0n) is 11.6. The maximum Gasteiger partial charge on any atom is 0.243 e. The van der Waals surface area contributed by atoms with E-state index < -0.39 is 16.1 Å². The van der Waals surface area contributed by atoms with Crippen LogP contribution in [0, 0.1) is 6.92 Å². The van der Waals surface area contributed by atoms with Crippen molar-refractivity contribution in [2.75, 3.05) is 33.0 Å². The predicted molar refractivity (Wildman–Crippen MR) is 78.3 cm³/mol. The zero-order valence-corrected chi connectivity index (χ0v) is 13.2. The van der Waals surface area contributed by atoms with Crippen molar-refractivity contribution in [3.8, 4) is 0 Å². The van der Waals surface area contributed by atoms with E-state index in [0.29, 0.717) is 11.3 Å². The summed E-state index contributed by atoms with van der Waals surface area (Å²) in [6.07, 6.45) is -0.905. The Balaban J connectivity index is 3.04. The Kier molecular flexibility index (Phi) is 5.79. The molecule has 0 aliphatic rings. The number of likely N-dealkylation sites (N-methyl/N-ethyl adjacent to an activating group) is 1. The van der Waals surface area contributed by atoms with Gasteiger partial charge in [0.25, 0.3) is 0 Å². The standard InChI is InChI=1S/C12H19ClN2O4S/c1-8-11(13)4-10(5-12(8)14)20(17,18)15(2)6-9(16)7-19-3/h4-5,9,16H,6-7,14H2,1-3H3. The fourth-order valence-electron chi connectivity index (χ4n) is 1.64. The van der Waals surface area contributed by atoms with Gasteiger partial charge in [0.15, 0.2) is 0 Å². The van der Waals surface area contributed by atoms with Crippen molar-refractivity contribution in [2.45, 2.75) is 17.9 Å². The van der Waals surface area contributed by atoms with Crippen molar-refractivity contribution < 1.29 is 18.3 Å². The fraction of sp³-hybridized carbons (Fsp3) is 0.500. The molecule has 114 valence electrons. The minimum atomic E-state index is -3.76. The molecule has 0 bridgehead atoms. The van der Waals surface area contributed by atoms with Gasteiger partial charge in [-0.15, -0.1) is 0 Å². The number of benzene rings is 1. The van der Waals surface area contributed by atoms with Crippen molar-refractivity contribution in [2.24, 2.45) is 0 Å². The number of aliphatic hydroxyl groups is 1. The molecule has 6 nitrogen and oxygen atoms in total. The van der Waals surface area contributed by atoms with E-state index in [1.54, 1.807) is 6.92 Å². The van der Waals surface area contributed by atoms with E-state index in [2.05, 4.69) is 0 Å². The molecular formula is C12H19ClN2O4S. The first-order valence-corrected chi connectivity index (χ1v) is 7.71. The Morgan fingerprint density at radius 3 is 2.60 bits per heavy atom. The minimum absolute atomic E-state index is 0.00211. The Morgan fingerprint density at radius 1 is 1.50 bits per heavy atom. The largest absolute Gasteiger partial charge is 0.398 e. The van der Waals surface area contributed by atoms with Crippen LogP contribution in [0.3, 0.4) is 0 Å². The van der Waals surface area contributed by atoms with Crippen LogP contribution in [-0.2, 0) is 14.8 Å². The number of nitrogen functional groups attached to an aromatic ring is 1. The zero-order chi connectivity index (χ0) is 15.5. The van der Waals surface area contributed by atoms with Crippen LogP contribution >= 0.6 is 11.6 Å². The van der Waals surface area contributed by atoms with Crippen LogP contribution in [0.2, 0.25) is 5.02 Å². The van der Waals surface area contributed by atoms with Crippen LogP contribution in [0.4, 0.5) is 5.69 Å². The number of hydrogen-bond acceptors (Lipinski definition) is 5. The number of nitrogens with zero attached hydrogens (tertiary/aromatic N) is 1. The second-order valence-corrected chi connectivity index (χ2v) is 6.97. The maximum absolute atomic E-state index is 12.3. The first-order valence-electron chi connectivity index (χ1n) is 5.89. The molecule has 3 N–H and O–H groups in total. The van der Waals surface area contributed by atoms with Crippen molar-refractivity contribution >= 4 is 27.3 Å². The normalized spacial score (nSPS) is 13.7. The molecule has 1 unspecified atom stereocenters. The maximum atomic E-state index is 12.3. The number of sulfonamides is 1. The SMILES string of the molecule is COCC(O)CN(C)S(=O)(=O)c1cc(N)c(C)c(Cl)c1. The number of methoxy groups -OCH3 is 1. The summed E-state index contributed by atoms with van der Waals surface area (Å²) in [5.74, 6) is 0. The van der Waals surface area contributed by atoms with Gasteiger partial charge in [-0.25, -0.2) is 8.42 Å². The average Bonchev–Trinajstić information content (AvgIpc) is 2.35. The topological polar surface area (TPSA) is 92.9 Å². The second-order valence-electron chi connectivity index (χ2n) is 4.51. The van der Waals surface area contributed by atoms with E-state index in [-0.39, 0.29) is 23.1 Å². The molecule has 8 heteroatoms. The number of halogens is 1. The summed E-state index contributed by atoms with van der Waals surface area (Å²) in [7, 11) is -0.959. The molecule has 0 heterocycles. The second kappa shape index (κ2) is 6.73. The third-order valence-corrected chi connectivity index (χ3v) is 5.09. The predicted octanol–water partition coefficient (Wildman–Crippen LogP) is 0.858. The highest BCUT2D eigenvalue weighted by molar-refractivity contribution is 7.89. The van der Waals surface area contributed by atoms with E-state index in [4.69, 9.17) is 22.1 Å². The lowest BCUT2D eigenvalue weighted by Gasteiger charge is -2.20. The summed E-state index contributed by atoms with van der Waals surface area (Å²) < 4.78 is 30.5. The molecule has 0 radical (unpaired) electrons. The number of hydrogen-bond donors (Lipinski definition) is 2. The molecule has 0 aliphatic carbocycles. The van der Waals surface area contributed by atoms with Crippen LogP contribution < -0.4 is 5.73 Å². The van der Waals surface area contributed by atoms with Gasteiger partial charge in [0.05, 0.1) is 17.6 Å². The molecule has 0 saturated carbocycles. The van der Waals surface area contributed by atoms with Gasteiger partial charge in [0, 0.05) is 31.4 Å². The Labute approximate surface area is 124 Å². The molecule has 1 aromatic rings. The van der Waals surface area contributed by atoms with E-state index >= 15 is 0 Å². The summed E-state index contributed by atoms with van der Waals surface area (Å²) in [6.45, 7) is 1.68. The van der Waals surface area contributed by atoms with Crippen LogP contribution in [0.25, 0.3) is 0 Å². The lowest BCUT2D eigenvalue weighted by atomic mass is 10.2. The highest BCUT2D eigenvalue weighted by atomic mass is 35.5. The van der Waals surface area contributed by atoms with Gasteiger partial charge in [-0.1, -0.05) is 11.6 Å². The molecule has 20 heavy (non-hydrogen) atoms. The summed E-state index contributed by atoms with van der Waals surface area (Å²) in [5, 5.41) is 9.89. The summed E-state index contributed by atoms with van der Waals surface area (Å²) >= 11 is 5.95. The number of rotatable bonds is 6. The minimum Gasteiger partial charge on any atom is -0.398 e. The van der Waals surface area contributed by atoms with Crippen molar-refractivity contribution in [3.63, 3.8) is 0 Å². The number of aliphatic hydroxyl groups excluding tert-OH is 1. The van der Waals surface area contributed by atoms with Crippen molar-refractivity contribution in [3.05, 3.63) is 22.7 Å². The van der Waals surface area contributed by atoms with Gasteiger partial charge in [-0.05, 0) is 24.6 Å². The molecule has 0 aliphatic heterocycles. The Bertz CT molecular complexity index is 554. The first-order chi connectivity index (χ1) is 9.20. The van der Waals surface area contributed by atoms with Gasteiger partial charge in [-0.3, -0.25) is 0 Å². The Hall–Kier alpha value is -0.860. The molecule has 0 fully saturated rings. The highest BCUT2D eigenvalue weighted by Gasteiger charge is 2.24. The third kappa shape index (κ3) is 3.83. The molecule has 0 aromatic heterocycles. The number of nitrogens with two attached hydrogens (primary N) is 1. The monoisotopic (exact) mass is 322 g/mol. The van der Waals surface area contributed by atoms with Crippen molar-refractivity contribution in [1.82, 2.24) is 4.31 Å². The Morgan fingerprint density at radius 2 is 2.10 bits per heavy atom. The molecular weight excluding hydrogens is 304 g/mol. The van der Waals surface area contributed by atoms with Gasteiger partial charge < -0.3 is 15.6 Å². The molecule has 0 spiro atoms. The smallest absolute Gasteiger partial charge is 0.243 e. The van der Waals surface area contributed by atoms with Crippen LogP contribution in [0.5, 0.6) is 0 Å². The lowest BCUT2D eigenvalue weighted by Crippen LogP contribution is -2.36. The van der Waals surface area contributed by atoms with E-state index in [9.17, 15) is 13.5 Å². The van der Waals surface area contributed by atoms with E-state index in [1.165, 1.54) is 26.3 Å². The van der Waals surface area contributed by atoms with E-state index in [0.717, 1.165) is 4.31 Å². The third-order valence-electron chi connectivity index (χ3n) is 2.89. The number of anilines is 1. The summed E-state index contributed by atoms with van der Waals surface area (Å²) in [4.78, 5) is -0.00211. The van der Waals surface area contributed by atoms with Gasteiger partial charge >= 0.3 is 0 Å². The quantitative estimate of drug-likeness (QED) is 0.758. The first kappa shape index (κ1) is 17.2. The molecule has 0 saturated heterocycles. The average molecular weight is 323 g/mol. The summed E-state index contributed by atoms with van der Waals surface area (Å²) in [5.41, 5.74) is 6.67. The van der Waals surface area contributed by atoms with E-state index in [1.807, 2.05) is 0 Å². The van der Waals surface area contributed by atoms with Gasteiger partial charge in [-0.2, -0.15) is 4.31 Å². The molecule has 0 amide bonds. The summed E-state index contributed by atoms with van der Waals surface area (Å²) in [6, 6.07) is 2.71. The van der Waals surface area contributed by atoms with Crippen LogP contribution in [0.1, 0.15) is 5.56 Å². The molecule has 1 aromatic carbocycles. The lowest BCUT2D eigenvalue weighted by molar-refractivity contribution is 0.0554. The fourth-order valence-corrected chi connectivity index (χ4v) is 3.21. The number of ether oxygens (including phenoxy) is 1. The van der Waals surface area contributed by atoms with Crippen LogP contribution in [0.15, 0.2) is 17.0 Å². The van der Waals surface area contributed by atoms with Gasteiger partial charge in [0.2, 0.25) is 10.0 Å².